The number of pyridine rings is 1. The lowest BCUT2D eigenvalue weighted by Crippen LogP contribution is -1.99. The molecule has 0 aliphatic carbocycles. The van der Waals surface area contributed by atoms with Crippen molar-refractivity contribution in [3.05, 3.63) is 47.2 Å². The molecule has 1 aromatic carbocycles. The van der Waals surface area contributed by atoms with Crippen LogP contribution in [-0.2, 0) is 5.75 Å². The van der Waals surface area contributed by atoms with Gasteiger partial charge in [-0.15, -0.1) is 5.10 Å². The van der Waals surface area contributed by atoms with E-state index < -0.39 is 0 Å². The van der Waals surface area contributed by atoms with Crippen LogP contribution in [0.1, 0.15) is 5.56 Å². The fourth-order valence-electron chi connectivity index (χ4n) is 2.11. The average molecular weight is 348 g/mol. The molecule has 0 bridgehead atoms. The van der Waals surface area contributed by atoms with Gasteiger partial charge in [-0.1, -0.05) is 23.4 Å². The SMILES string of the molecule is Clc1cnccc1CSc1nnnn1-c1ccc2c(c1)OCO2. The van der Waals surface area contributed by atoms with Crippen molar-refractivity contribution in [2.45, 2.75) is 10.9 Å². The number of hydrogen-bond acceptors (Lipinski definition) is 7. The second-order valence-corrected chi connectivity index (χ2v) is 6.02. The molecular weight excluding hydrogens is 338 g/mol. The number of nitrogens with zero attached hydrogens (tertiary/aromatic N) is 5. The van der Waals surface area contributed by atoms with Gasteiger partial charge in [0.25, 0.3) is 0 Å². The molecule has 9 heteroatoms. The van der Waals surface area contributed by atoms with Crippen molar-refractivity contribution in [2.75, 3.05) is 6.79 Å². The van der Waals surface area contributed by atoms with Crippen LogP contribution in [0.3, 0.4) is 0 Å². The lowest BCUT2D eigenvalue weighted by atomic mass is 10.3. The number of fused-ring (bicyclic) bond motifs is 1. The summed E-state index contributed by atoms with van der Waals surface area (Å²) in [5.41, 5.74) is 1.79. The minimum atomic E-state index is 0.233. The number of thioether (sulfide) groups is 1. The fraction of sp³-hybridized carbons (Fsp3) is 0.143. The van der Waals surface area contributed by atoms with Gasteiger partial charge in [-0.3, -0.25) is 4.98 Å². The smallest absolute Gasteiger partial charge is 0.231 e. The molecular formula is C14H10ClN5O2S. The summed E-state index contributed by atoms with van der Waals surface area (Å²) in [6.07, 6.45) is 3.33. The van der Waals surface area contributed by atoms with Gasteiger partial charge in [0.15, 0.2) is 11.5 Å². The van der Waals surface area contributed by atoms with Gasteiger partial charge in [-0.25, -0.2) is 0 Å². The molecule has 3 heterocycles. The number of ether oxygens (including phenoxy) is 2. The fourth-order valence-corrected chi connectivity index (χ4v) is 3.27. The van der Waals surface area contributed by atoms with E-state index in [0.717, 1.165) is 17.0 Å². The van der Waals surface area contributed by atoms with E-state index in [2.05, 4.69) is 20.5 Å². The van der Waals surface area contributed by atoms with E-state index in [0.29, 0.717) is 21.7 Å². The van der Waals surface area contributed by atoms with E-state index in [1.807, 2.05) is 24.3 Å². The lowest BCUT2D eigenvalue weighted by Gasteiger charge is -2.06. The highest BCUT2D eigenvalue weighted by Gasteiger charge is 2.16. The number of tetrazole rings is 1. The Morgan fingerprint density at radius 1 is 1.22 bits per heavy atom. The Kier molecular flexibility index (Phi) is 3.76. The zero-order valence-electron chi connectivity index (χ0n) is 11.7. The summed E-state index contributed by atoms with van der Waals surface area (Å²) in [4.78, 5) is 3.98. The molecule has 23 heavy (non-hydrogen) atoms. The van der Waals surface area contributed by atoms with Crippen molar-refractivity contribution >= 4 is 23.4 Å². The monoisotopic (exact) mass is 347 g/mol. The van der Waals surface area contributed by atoms with E-state index >= 15 is 0 Å². The summed E-state index contributed by atoms with van der Waals surface area (Å²) >= 11 is 7.61. The van der Waals surface area contributed by atoms with E-state index in [1.54, 1.807) is 17.1 Å². The first-order valence-corrected chi connectivity index (χ1v) is 8.07. The van der Waals surface area contributed by atoms with Crippen molar-refractivity contribution in [1.82, 2.24) is 25.2 Å². The number of rotatable bonds is 4. The maximum atomic E-state index is 6.12. The Morgan fingerprint density at radius 3 is 3.04 bits per heavy atom. The first kappa shape index (κ1) is 14.3. The third-order valence-electron chi connectivity index (χ3n) is 3.25. The highest BCUT2D eigenvalue weighted by Crippen LogP contribution is 2.34. The van der Waals surface area contributed by atoms with Crippen LogP contribution in [0, 0.1) is 0 Å². The third kappa shape index (κ3) is 2.82. The van der Waals surface area contributed by atoms with Gasteiger partial charge in [0.2, 0.25) is 11.9 Å². The van der Waals surface area contributed by atoms with E-state index in [1.165, 1.54) is 11.8 Å². The molecule has 0 saturated carbocycles. The molecule has 4 rings (SSSR count). The largest absolute Gasteiger partial charge is 0.454 e. The normalized spacial score (nSPS) is 12.6. The Bertz CT molecular complexity index is 857. The highest BCUT2D eigenvalue weighted by molar-refractivity contribution is 7.98. The molecule has 1 aliphatic heterocycles. The van der Waals surface area contributed by atoms with Crippen LogP contribution in [-0.4, -0.2) is 32.0 Å². The van der Waals surface area contributed by atoms with Gasteiger partial charge in [-0.2, -0.15) is 4.68 Å². The van der Waals surface area contributed by atoms with Crippen molar-refractivity contribution < 1.29 is 9.47 Å². The minimum Gasteiger partial charge on any atom is -0.454 e. The summed E-state index contributed by atoms with van der Waals surface area (Å²) in [6, 6.07) is 7.45. The number of hydrogen-bond donors (Lipinski definition) is 0. The maximum Gasteiger partial charge on any atom is 0.231 e. The van der Waals surface area contributed by atoms with Crippen molar-refractivity contribution in [3.8, 4) is 17.2 Å². The van der Waals surface area contributed by atoms with Gasteiger partial charge in [0, 0.05) is 24.2 Å². The topological polar surface area (TPSA) is 75.0 Å². The Labute approximate surface area is 140 Å². The molecule has 1 aliphatic rings. The van der Waals surface area contributed by atoms with Gasteiger partial charge in [0.1, 0.15) is 0 Å². The summed E-state index contributed by atoms with van der Waals surface area (Å²) in [7, 11) is 0. The van der Waals surface area contributed by atoms with Crippen LogP contribution < -0.4 is 9.47 Å². The van der Waals surface area contributed by atoms with Crippen molar-refractivity contribution in [2.24, 2.45) is 0 Å². The molecule has 0 amide bonds. The second kappa shape index (κ2) is 6.05. The predicted octanol–water partition coefficient (Wildman–Crippen LogP) is 2.73. The third-order valence-corrected chi connectivity index (χ3v) is 4.56. The van der Waals surface area contributed by atoms with Gasteiger partial charge >= 0.3 is 0 Å². The molecule has 3 aromatic rings. The van der Waals surface area contributed by atoms with Crippen molar-refractivity contribution in [3.63, 3.8) is 0 Å². The standard InChI is InChI=1S/C14H10ClN5O2S/c15-11-6-16-4-3-9(11)7-23-14-17-18-19-20(14)10-1-2-12-13(5-10)22-8-21-12/h1-6H,7-8H2. The number of aromatic nitrogens is 5. The van der Waals surface area contributed by atoms with Crippen LogP contribution in [0.25, 0.3) is 5.69 Å². The number of benzene rings is 1. The molecule has 0 saturated heterocycles. The van der Waals surface area contributed by atoms with E-state index in [-0.39, 0.29) is 6.79 Å². The van der Waals surface area contributed by atoms with Crippen LogP contribution in [0.4, 0.5) is 0 Å². The number of halogens is 1. The Balaban J connectivity index is 1.58. The lowest BCUT2D eigenvalue weighted by molar-refractivity contribution is 0.174. The molecule has 0 spiro atoms. The maximum absolute atomic E-state index is 6.12. The highest BCUT2D eigenvalue weighted by atomic mass is 35.5. The molecule has 0 N–H and O–H groups in total. The average Bonchev–Trinajstić information content (AvgIpc) is 3.22. The van der Waals surface area contributed by atoms with Crippen LogP contribution in [0.15, 0.2) is 41.8 Å². The van der Waals surface area contributed by atoms with Gasteiger partial charge < -0.3 is 9.47 Å². The first-order valence-electron chi connectivity index (χ1n) is 6.71. The summed E-state index contributed by atoms with van der Waals surface area (Å²) in [5.74, 6) is 2.05. The molecule has 0 atom stereocenters. The van der Waals surface area contributed by atoms with Crippen LogP contribution in [0.5, 0.6) is 11.5 Å². The molecule has 0 unspecified atom stereocenters. The zero-order valence-corrected chi connectivity index (χ0v) is 13.3. The second-order valence-electron chi connectivity index (χ2n) is 4.67. The van der Waals surface area contributed by atoms with Gasteiger partial charge in [-0.05, 0) is 34.2 Å². The molecule has 116 valence electrons. The Hall–Kier alpha value is -2.32. The molecule has 2 aromatic heterocycles. The zero-order chi connectivity index (χ0) is 15.6. The van der Waals surface area contributed by atoms with E-state index in [9.17, 15) is 0 Å². The predicted molar refractivity (Wildman–Crippen MR) is 84.1 cm³/mol. The minimum absolute atomic E-state index is 0.233. The summed E-state index contributed by atoms with van der Waals surface area (Å²) < 4.78 is 12.4. The molecule has 7 nitrogen and oxygen atoms in total. The summed E-state index contributed by atoms with van der Waals surface area (Å²) in [5, 5.41) is 13.1. The molecule has 0 fully saturated rings. The quantitative estimate of drug-likeness (QED) is 0.672. The van der Waals surface area contributed by atoms with Crippen LogP contribution in [0.2, 0.25) is 5.02 Å². The summed E-state index contributed by atoms with van der Waals surface area (Å²) in [6.45, 7) is 0.233. The Morgan fingerprint density at radius 2 is 2.13 bits per heavy atom. The van der Waals surface area contributed by atoms with Crippen molar-refractivity contribution in [1.29, 1.82) is 0 Å². The van der Waals surface area contributed by atoms with Crippen LogP contribution >= 0.6 is 23.4 Å². The first-order chi connectivity index (χ1) is 11.3. The van der Waals surface area contributed by atoms with E-state index in [4.69, 9.17) is 21.1 Å². The van der Waals surface area contributed by atoms with Gasteiger partial charge in [0.05, 0.1) is 10.7 Å². The molecule has 0 radical (unpaired) electrons.